The second kappa shape index (κ2) is 7.50. The smallest absolute Gasteiger partial charge is 0.361 e. The zero-order chi connectivity index (χ0) is 20.9. The Bertz CT molecular complexity index is 888. The van der Waals surface area contributed by atoms with Gasteiger partial charge >= 0.3 is 6.18 Å². The van der Waals surface area contributed by atoms with Crippen LogP contribution < -0.4 is 5.32 Å². The molecule has 2 aromatic rings. The fourth-order valence-electron chi connectivity index (χ4n) is 4.35. The van der Waals surface area contributed by atoms with Gasteiger partial charge in [-0.3, -0.25) is 4.79 Å². The van der Waals surface area contributed by atoms with Gasteiger partial charge in [0.15, 0.2) is 11.7 Å². The number of nitrogens with zero attached hydrogens (tertiary/aromatic N) is 3. The molecule has 2 aliphatic heterocycles. The highest BCUT2D eigenvalue weighted by molar-refractivity contribution is 7.10. The van der Waals surface area contributed by atoms with Gasteiger partial charge in [-0.05, 0) is 44.6 Å². The second-order valence-electron chi connectivity index (χ2n) is 7.80. The molecule has 10 heteroatoms. The van der Waals surface area contributed by atoms with Gasteiger partial charge in [-0.25, -0.2) is 4.68 Å². The number of hydrogen-bond acceptors (Lipinski definition) is 4. The van der Waals surface area contributed by atoms with Gasteiger partial charge in [0, 0.05) is 23.4 Å². The van der Waals surface area contributed by atoms with Gasteiger partial charge in [-0.2, -0.15) is 18.3 Å². The third-order valence-corrected chi connectivity index (χ3v) is 7.16. The van der Waals surface area contributed by atoms with Crippen molar-refractivity contribution in [2.75, 3.05) is 5.32 Å². The Balaban J connectivity index is 1.74. The summed E-state index contributed by atoms with van der Waals surface area (Å²) >= 11 is 7.82. The SMILES string of the molecule is C[C@@H]1CCC[C@H](C)N1C(=O)c1nn2c(c1Cl)N[C@@H](c1cccs1)C[C@H]2C(F)(F)F. The molecule has 5 nitrogen and oxygen atoms in total. The molecular formula is C19H22ClF3N4OS. The standard InChI is InChI=1S/C19H22ClF3N4OS/c1-10-5-3-6-11(2)26(10)18(28)16-15(20)17-24-12(13-7-4-8-29-13)9-14(19(21,22)23)27(17)25-16/h4,7-8,10-12,14,24H,3,5-6,9H2,1-2H3/t10-,11+,12-,14+/m1/s1. The Morgan fingerprint density at radius 2 is 2.00 bits per heavy atom. The van der Waals surface area contributed by atoms with Gasteiger partial charge < -0.3 is 10.2 Å². The van der Waals surface area contributed by atoms with Gasteiger partial charge in [0.2, 0.25) is 0 Å². The highest BCUT2D eigenvalue weighted by Gasteiger charge is 2.48. The molecule has 0 saturated carbocycles. The van der Waals surface area contributed by atoms with Crippen LogP contribution in [0, 0.1) is 0 Å². The fraction of sp³-hybridized carbons (Fsp3) is 0.579. The van der Waals surface area contributed by atoms with Crippen molar-refractivity contribution < 1.29 is 18.0 Å². The molecule has 0 bridgehead atoms. The summed E-state index contributed by atoms with van der Waals surface area (Å²) < 4.78 is 42.3. The monoisotopic (exact) mass is 446 g/mol. The third-order valence-electron chi connectivity index (χ3n) is 5.81. The number of carbonyl (C=O) groups excluding carboxylic acids is 1. The lowest BCUT2D eigenvalue weighted by atomic mass is 9.97. The quantitative estimate of drug-likeness (QED) is 0.647. The lowest BCUT2D eigenvalue weighted by Gasteiger charge is -2.38. The first-order valence-corrected chi connectivity index (χ1v) is 10.9. The van der Waals surface area contributed by atoms with E-state index in [2.05, 4.69) is 10.4 Å². The zero-order valence-corrected chi connectivity index (χ0v) is 17.6. The van der Waals surface area contributed by atoms with E-state index in [-0.39, 0.29) is 35.0 Å². The van der Waals surface area contributed by atoms with E-state index in [1.165, 1.54) is 11.3 Å². The van der Waals surface area contributed by atoms with E-state index in [0.717, 1.165) is 28.8 Å². The summed E-state index contributed by atoms with van der Waals surface area (Å²) in [6, 6.07) is 1.18. The molecule has 0 aromatic carbocycles. The summed E-state index contributed by atoms with van der Waals surface area (Å²) in [6.45, 7) is 3.89. The summed E-state index contributed by atoms with van der Waals surface area (Å²) in [7, 11) is 0. The largest absolute Gasteiger partial charge is 0.410 e. The van der Waals surface area contributed by atoms with Crippen LogP contribution in [-0.2, 0) is 0 Å². The molecule has 1 saturated heterocycles. The van der Waals surface area contributed by atoms with Crippen LogP contribution in [0.15, 0.2) is 17.5 Å². The molecular weight excluding hydrogens is 425 g/mol. The maximum absolute atomic E-state index is 13.8. The maximum atomic E-state index is 13.8. The number of piperidine rings is 1. The van der Waals surface area contributed by atoms with Crippen molar-refractivity contribution in [3.63, 3.8) is 0 Å². The van der Waals surface area contributed by atoms with Crippen LogP contribution in [0.25, 0.3) is 0 Å². The van der Waals surface area contributed by atoms with E-state index < -0.39 is 24.2 Å². The van der Waals surface area contributed by atoms with E-state index >= 15 is 0 Å². The van der Waals surface area contributed by atoms with Crippen LogP contribution in [-0.4, -0.2) is 38.8 Å². The predicted molar refractivity (Wildman–Crippen MR) is 107 cm³/mol. The minimum atomic E-state index is -4.51. The summed E-state index contributed by atoms with van der Waals surface area (Å²) in [6.07, 6.45) is -2.00. The van der Waals surface area contributed by atoms with Gasteiger partial charge in [-0.1, -0.05) is 17.7 Å². The summed E-state index contributed by atoms with van der Waals surface area (Å²) in [5.41, 5.74) is -0.115. The Labute approximate surface area is 175 Å². The Morgan fingerprint density at radius 3 is 2.59 bits per heavy atom. The minimum absolute atomic E-state index is 0.00807. The number of fused-ring (bicyclic) bond motifs is 1. The predicted octanol–water partition coefficient (Wildman–Crippen LogP) is 5.66. The Hall–Kier alpha value is -1.74. The lowest BCUT2D eigenvalue weighted by Crippen LogP contribution is -2.47. The average molecular weight is 447 g/mol. The number of nitrogens with one attached hydrogen (secondary N) is 1. The Kier molecular flexibility index (Phi) is 5.31. The molecule has 1 amide bonds. The molecule has 1 fully saturated rings. The van der Waals surface area contributed by atoms with Crippen LogP contribution in [0.4, 0.5) is 19.0 Å². The molecule has 0 spiro atoms. The first kappa shape index (κ1) is 20.5. The first-order valence-electron chi connectivity index (χ1n) is 9.65. The van der Waals surface area contributed by atoms with E-state index in [4.69, 9.17) is 11.6 Å². The highest BCUT2D eigenvalue weighted by atomic mass is 35.5. The van der Waals surface area contributed by atoms with Crippen LogP contribution in [0.1, 0.15) is 67.0 Å². The lowest BCUT2D eigenvalue weighted by molar-refractivity contribution is -0.173. The zero-order valence-electron chi connectivity index (χ0n) is 16.0. The van der Waals surface area contributed by atoms with Crippen LogP contribution in [0.3, 0.4) is 0 Å². The third kappa shape index (κ3) is 3.63. The summed E-state index contributed by atoms with van der Waals surface area (Å²) in [5, 5.41) is 8.93. The number of thiophene rings is 1. The van der Waals surface area contributed by atoms with Crippen molar-refractivity contribution in [2.45, 2.75) is 69.9 Å². The highest BCUT2D eigenvalue weighted by Crippen LogP contribution is 2.47. The van der Waals surface area contributed by atoms with Crippen LogP contribution >= 0.6 is 22.9 Å². The van der Waals surface area contributed by atoms with Crippen LogP contribution in [0.2, 0.25) is 5.02 Å². The number of anilines is 1. The number of alkyl halides is 3. The molecule has 2 aromatic heterocycles. The number of halogens is 4. The number of rotatable bonds is 2. The number of hydrogen-bond donors (Lipinski definition) is 1. The number of aromatic nitrogens is 2. The molecule has 2 aliphatic rings. The van der Waals surface area contributed by atoms with Crippen molar-refractivity contribution in [1.29, 1.82) is 0 Å². The maximum Gasteiger partial charge on any atom is 0.410 e. The molecule has 158 valence electrons. The van der Waals surface area contributed by atoms with Crippen molar-refractivity contribution >= 4 is 34.7 Å². The van der Waals surface area contributed by atoms with Crippen molar-refractivity contribution in [2.24, 2.45) is 0 Å². The van der Waals surface area contributed by atoms with E-state index in [1.807, 2.05) is 19.2 Å². The van der Waals surface area contributed by atoms with E-state index in [1.54, 1.807) is 17.0 Å². The molecule has 0 radical (unpaired) electrons. The summed E-state index contributed by atoms with van der Waals surface area (Å²) in [5.74, 6) is -0.355. The molecule has 1 N–H and O–H groups in total. The molecule has 0 aliphatic carbocycles. The second-order valence-corrected chi connectivity index (χ2v) is 9.16. The number of amides is 1. The topological polar surface area (TPSA) is 50.2 Å². The minimum Gasteiger partial charge on any atom is -0.361 e. The van der Waals surface area contributed by atoms with Crippen LogP contribution in [0.5, 0.6) is 0 Å². The van der Waals surface area contributed by atoms with Gasteiger partial charge in [0.1, 0.15) is 10.8 Å². The molecule has 29 heavy (non-hydrogen) atoms. The van der Waals surface area contributed by atoms with Gasteiger partial charge in [0.25, 0.3) is 5.91 Å². The number of likely N-dealkylation sites (tertiary alicyclic amines) is 1. The normalized spacial score (nSPS) is 27.4. The van der Waals surface area contributed by atoms with E-state index in [0.29, 0.717) is 0 Å². The van der Waals surface area contributed by atoms with Crippen molar-refractivity contribution in [3.05, 3.63) is 33.1 Å². The van der Waals surface area contributed by atoms with Crippen molar-refractivity contribution in [1.82, 2.24) is 14.7 Å². The fourth-order valence-corrected chi connectivity index (χ4v) is 5.40. The van der Waals surface area contributed by atoms with E-state index in [9.17, 15) is 18.0 Å². The van der Waals surface area contributed by atoms with Gasteiger partial charge in [-0.15, -0.1) is 11.3 Å². The number of carbonyl (C=O) groups is 1. The summed E-state index contributed by atoms with van der Waals surface area (Å²) in [4.78, 5) is 15.7. The van der Waals surface area contributed by atoms with Crippen molar-refractivity contribution in [3.8, 4) is 0 Å². The molecule has 4 rings (SSSR count). The molecule has 4 atom stereocenters. The van der Waals surface area contributed by atoms with Gasteiger partial charge in [0.05, 0.1) is 6.04 Å². The molecule has 4 heterocycles. The average Bonchev–Trinajstić information content (AvgIpc) is 3.28. The Morgan fingerprint density at radius 1 is 1.31 bits per heavy atom. The molecule has 0 unspecified atom stereocenters. The first-order chi connectivity index (χ1) is 13.7.